The minimum Gasteiger partial charge on any atom is -0.346 e. The first-order chi connectivity index (χ1) is 13.0. The van der Waals surface area contributed by atoms with Gasteiger partial charge in [-0.05, 0) is 17.7 Å². The van der Waals surface area contributed by atoms with Gasteiger partial charge >= 0.3 is 0 Å². The Morgan fingerprint density at radius 1 is 0.963 bits per heavy atom. The van der Waals surface area contributed by atoms with E-state index in [0.717, 1.165) is 11.3 Å². The zero-order chi connectivity index (χ0) is 19.6. The molecular formula is C20H24N4O3. The number of likely N-dealkylation sites (N-methyl/N-ethyl adjacent to an activating group) is 1. The van der Waals surface area contributed by atoms with Gasteiger partial charge in [0.2, 0.25) is 17.7 Å². The van der Waals surface area contributed by atoms with E-state index in [-0.39, 0.29) is 19.0 Å². The van der Waals surface area contributed by atoms with Crippen LogP contribution < -0.4 is 21.3 Å². The van der Waals surface area contributed by atoms with Crippen LogP contribution in [0.4, 0.5) is 5.69 Å². The number of hydrogen-bond acceptors (Lipinski definition) is 4. The number of nitrogens with two attached hydrogens (primary N) is 1. The smallest absolute Gasteiger partial charge is 0.249 e. The second kappa shape index (κ2) is 10.1. The van der Waals surface area contributed by atoms with Crippen LogP contribution in [0.1, 0.15) is 5.56 Å². The van der Waals surface area contributed by atoms with Crippen molar-refractivity contribution in [1.29, 1.82) is 0 Å². The van der Waals surface area contributed by atoms with Crippen molar-refractivity contribution in [2.45, 2.75) is 12.5 Å². The molecular weight excluding hydrogens is 344 g/mol. The Hall–Kier alpha value is -3.19. The Labute approximate surface area is 158 Å². The molecule has 0 aliphatic rings. The Balaban J connectivity index is 2.12. The second-order valence-corrected chi connectivity index (χ2v) is 6.02. The molecule has 0 spiro atoms. The first-order valence-electron chi connectivity index (χ1n) is 8.64. The summed E-state index contributed by atoms with van der Waals surface area (Å²) < 4.78 is 0. The summed E-state index contributed by atoms with van der Waals surface area (Å²) in [6, 6.07) is 17.8. The zero-order valence-electron chi connectivity index (χ0n) is 15.2. The first-order valence-corrected chi connectivity index (χ1v) is 8.64. The summed E-state index contributed by atoms with van der Waals surface area (Å²) in [6.07, 6.45) is 0.341. The van der Waals surface area contributed by atoms with Crippen LogP contribution in [-0.2, 0) is 20.8 Å². The number of carbonyl (C=O) groups is 3. The van der Waals surface area contributed by atoms with E-state index in [0.29, 0.717) is 6.42 Å². The standard InChI is InChI=1S/C20H24N4O3/c1-24(16-10-6-3-7-11-16)20(27)17(12-15-8-4-2-5-9-15)23-19(26)14-22-18(25)13-21/h2-11,17H,12-14,21H2,1H3,(H,22,25)(H,23,26)/t17-/m0/s1. The van der Waals surface area contributed by atoms with Crippen molar-refractivity contribution in [3.05, 3.63) is 66.2 Å². The fourth-order valence-corrected chi connectivity index (χ4v) is 2.56. The molecule has 2 rings (SSSR count). The third-order valence-corrected chi connectivity index (χ3v) is 4.02. The molecule has 0 aromatic heterocycles. The van der Waals surface area contributed by atoms with E-state index < -0.39 is 17.9 Å². The van der Waals surface area contributed by atoms with Gasteiger partial charge in [0.1, 0.15) is 6.04 Å². The quantitative estimate of drug-likeness (QED) is 0.629. The number of nitrogens with zero attached hydrogens (tertiary/aromatic N) is 1. The van der Waals surface area contributed by atoms with Gasteiger partial charge in [-0.25, -0.2) is 0 Å². The molecule has 0 heterocycles. The normalized spacial score (nSPS) is 11.3. The predicted octanol–water partition coefficient (Wildman–Crippen LogP) is 0.452. The first kappa shape index (κ1) is 20.1. The number of carbonyl (C=O) groups excluding carboxylic acids is 3. The van der Waals surface area contributed by atoms with Crippen LogP contribution in [0.5, 0.6) is 0 Å². The van der Waals surface area contributed by atoms with Crippen molar-refractivity contribution in [3.63, 3.8) is 0 Å². The maximum Gasteiger partial charge on any atom is 0.249 e. The number of nitrogens with one attached hydrogen (secondary N) is 2. The highest BCUT2D eigenvalue weighted by Gasteiger charge is 2.25. The number of benzene rings is 2. The molecule has 0 saturated heterocycles. The number of rotatable bonds is 8. The number of anilines is 1. The van der Waals surface area contributed by atoms with Crippen molar-refractivity contribution in [2.75, 3.05) is 25.0 Å². The third-order valence-electron chi connectivity index (χ3n) is 4.02. The fraction of sp³-hybridized carbons (Fsp3) is 0.250. The van der Waals surface area contributed by atoms with E-state index in [4.69, 9.17) is 5.73 Å². The maximum absolute atomic E-state index is 13.0. The van der Waals surface area contributed by atoms with Crippen LogP contribution >= 0.6 is 0 Å². The van der Waals surface area contributed by atoms with Crippen LogP contribution in [0.15, 0.2) is 60.7 Å². The summed E-state index contributed by atoms with van der Waals surface area (Å²) in [7, 11) is 1.66. The molecule has 0 unspecified atom stereocenters. The highest BCUT2D eigenvalue weighted by atomic mass is 16.2. The van der Waals surface area contributed by atoms with Crippen LogP contribution in [0.2, 0.25) is 0 Å². The lowest BCUT2D eigenvalue weighted by Gasteiger charge is -2.25. The van der Waals surface area contributed by atoms with Gasteiger partial charge in [0.15, 0.2) is 0 Å². The molecule has 2 aromatic rings. The van der Waals surface area contributed by atoms with E-state index in [9.17, 15) is 14.4 Å². The summed E-state index contributed by atoms with van der Waals surface area (Å²) in [4.78, 5) is 37.9. The molecule has 3 amide bonds. The minimum absolute atomic E-state index is 0.198. The average molecular weight is 368 g/mol. The van der Waals surface area contributed by atoms with Crippen molar-refractivity contribution >= 4 is 23.4 Å². The molecule has 7 nitrogen and oxygen atoms in total. The van der Waals surface area contributed by atoms with E-state index in [1.165, 1.54) is 4.90 Å². The third kappa shape index (κ3) is 6.23. The van der Waals surface area contributed by atoms with Crippen LogP contribution in [0.3, 0.4) is 0 Å². The molecule has 0 radical (unpaired) electrons. The molecule has 0 aliphatic heterocycles. The lowest BCUT2D eigenvalue weighted by atomic mass is 10.0. The van der Waals surface area contributed by atoms with Gasteiger partial charge < -0.3 is 21.3 Å². The molecule has 2 aromatic carbocycles. The average Bonchev–Trinajstić information content (AvgIpc) is 2.71. The van der Waals surface area contributed by atoms with Crippen molar-refractivity contribution < 1.29 is 14.4 Å². The van der Waals surface area contributed by atoms with Gasteiger partial charge in [-0.15, -0.1) is 0 Å². The van der Waals surface area contributed by atoms with Gasteiger partial charge in [0.05, 0.1) is 13.1 Å². The lowest BCUT2D eigenvalue weighted by molar-refractivity contribution is -0.128. The highest BCUT2D eigenvalue weighted by molar-refractivity contribution is 5.99. The van der Waals surface area contributed by atoms with Gasteiger partial charge in [-0.1, -0.05) is 48.5 Å². The molecule has 142 valence electrons. The zero-order valence-corrected chi connectivity index (χ0v) is 15.2. The molecule has 7 heteroatoms. The van der Waals surface area contributed by atoms with Crippen molar-refractivity contribution in [1.82, 2.24) is 10.6 Å². The topological polar surface area (TPSA) is 105 Å². The van der Waals surface area contributed by atoms with Crippen LogP contribution in [0, 0.1) is 0 Å². The van der Waals surface area contributed by atoms with Crippen LogP contribution in [-0.4, -0.2) is 43.9 Å². The number of para-hydroxylation sites is 1. The number of hydrogen-bond donors (Lipinski definition) is 3. The fourth-order valence-electron chi connectivity index (χ4n) is 2.56. The highest BCUT2D eigenvalue weighted by Crippen LogP contribution is 2.14. The summed E-state index contributed by atoms with van der Waals surface area (Å²) in [5.41, 5.74) is 6.86. The summed E-state index contributed by atoms with van der Waals surface area (Å²) in [5.74, 6) is -1.13. The predicted molar refractivity (Wildman–Crippen MR) is 104 cm³/mol. The Kier molecular flexibility index (Phi) is 7.51. The minimum atomic E-state index is -0.764. The molecule has 0 bridgehead atoms. The molecule has 4 N–H and O–H groups in total. The van der Waals surface area contributed by atoms with E-state index >= 15 is 0 Å². The van der Waals surface area contributed by atoms with Gasteiger partial charge in [-0.3, -0.25) is 14.4 Å². The van der Waals surface area contributed by atoms with Crippen molar-refractivity contribution in [3.8, 4) is 0 Å². The Morgan fingerprint density at radius 3 is 2.15 bits per heavy atom. The van der Waals surface area contributed by atoms with Crippen LogP contribution in [0.25, 0.3) is 0 Å². The second-order valence-electron chi connectivity index (χ2n) is 6.02. The molecule has 0 aliphatic carbocycles. The van der Waals surface area contributed by atoms with E-state index in [2.05, 4.69) is 10.6 Å². The maximum atomic E-state index is 13.0. The lowest BCUT2D eigenvalue weighted by Crippen LogP contribution is -2.51. The SMILES string of the molecule is CN(C(=O)[C@H](Cc1ccccc1)NC(=O)CNC(=O)CN)c1ccccc1. The van der Waals surface area contributed by atoms with E-state index in [1.807, 2.05) is 60.7 Å². The molecule has 0 saturated carbocycles. The monoisotopic (exact) mass is 368 g/mol. The summed E-state index contributed by atoms with van der Waals surface area (Å²) in [6.45, 7) is -0.431. The van der Waals surface area contributed by atoms with Gasteiger partial charge in [-0.2, -0.15) is 0 Å². The van der Waals surface area contributed by atoms with E-state index in [1.54, 1.807) is 7.05 Å². The number of amides is 3. The van der Waals surface area contributed by atoms with Crippen molar-refractivity contribution in [2.24, 2.45) is 5.73 Å². The summed E-state index contributed by atoms with van der Waals surface area (Å²) in [5, 5.41) is 5.11. The summed E-state index contributed by atoms with van der Waals surface area (Å²) >= 11 is 0. The van der Waals surface area contributed by atoms with Gasteiger partial charge in [0.25, 0.3) is 0 Å². The Morgan fingerprint density at radius 2 is 1.56 bits per heavy atom. The Bertz CT molecular complexity index is 765. The van der Waals surface area contributed by atoms with Gasteiger partial charge in [0, 0.05) is 19.2 Å². The molecule has 0 fully saturated rings. The molecule has 1 atom stereocenters. The largest absolute Gasteiger partial charge is 0.346 e. The molecule has 27 heavy (non-hydrogen) atoms.